The number of aromatic nitrogens is 2. The van der Waals surface area contributed by atoms with E-state index < -0.39 is 5.60 Å². The topological polar surface area (TPSA) is 38.0 Å². The molecule has 0 spiro atoms. The molecule has 3 nitrogen and oxygen atoms in total. The molecule has 3 heteroatoms. The summed E-state index contributed by atoms with van der Waals surface area (Å²) in [5, 5.41) is 15.4. The van der Waals surface area contributed by atoms with Gasteiger partial charge in [-0.25, -0.2) is 4.98 Å². The summed E-state index contributed by atoms with van der Waals surface area (Å²) in [6.45, 7) is 3.58. The molecule has 28 heavy (non-hydrogen) atoms. The average molecular weight is 366 g/mol. The molecule has 0 bridgehead atoms. The molecule has 0 saturated heterocycles. The minimum Gasteiger partial charge on any atom is -0.384 e. The van der Waals surface area contributed by atoms with Gasteiger partial charge < -0.3 is 9.67 Å². The van der Waals surface area contributed by atoms with Crippen molar-refractivity contribution in [2.24, 2.45) is 7.05 Å². The first-order chi connectivity index (χ1) is 13.4. The molecule has 0 saturated carbocycles. The van der Waals surface area contributed by atoms with Crippen molar-refractivity contribution in [3.8, 4) is 11.3 Å². The number of fused-ring (bicyclic) bond motifs is 4. The molecule has 138 valence electrons. The fourth-order valence-corrected chi connectivity index (χ4v) is 4.13. The molecular formula is C25H22N2O. The number of hydrogen-bond donors (Lipinski definition) is 1. The van der Waals surface area contributed by atoms with Crippen LogP contribution < -0.4 is 0 Å². The van der Waals surface area contributed by atoms with Crippen molar-refractivity contribution in [3.63, 3.8) is 0 Å². The van der Waals surface area contributed by atoms with Crippen molar-refractivity contribution in [3.05, 3.63) is 78.5 Å². The molecule has 2 heterocycles. The van der Waals surface area contributed by atoms with E-state index in [2.05, 4.69) is 78.3 Å². The normalized spacial score (nSPS) is 12.3. The average Bonchev–Trinajstić information content (AvgIpc) is 2.99. The van der Waals surface area contributed by atoms with E-state index in [1.807, 2.05) is 6.07 Å². The summed E-state index contributed by atoms with van der Waals surface area (Å²) in [4.78, 5) is 4.98. The van der Waals surface area contributed by atoms with Gasteiger partial charge in [-0.3, -0.25) is 0 Å². The highest BCUT2D eigenvalue weighted by molar-refractivity contribution is 6.14. The Morgan fingerprint density at radius 2 is 1.50 bits per heavy atom. The molecule has 5 aromatic rings. The van der Waals surface area contributed by atoms with E-state index in [0.717, 1.165) is 33.1 Å². The van der Waals surface area contributed by atoms with Crippen molar-refractivity contribution in [1.82, 2.24) is 9.55 Å². The van der Waals surface area contributed by atoms with Gasteiger partial charge in [-0.2, -0.15) is 0 Å². The van der Waals surface area contributed by atoms with Gasteiger partial charge in [0.2, 0.25) is 0 Å². The zero-order chi connectivity index (χ0) is 19.5. The van der Waals surface area contributed by atoms with E-state index >= 15 is 0 Å². The van der Waals surface area contributed by atoms with E-state index in [1.54, 1.807) is 13.8 Å². The third-order valence-corrected chi connectivity index (χ3v) is 5.56. The fraction of sp³-hybridized carbons (Fsp3) is 0.160. The highest BCUT2D eigenvalue weighted by Gasteiger charge is 2.23. The molecule has 0 aliphatic rings. The van der Waals surface area contributed by atoms with Crippen LogP contribution in [0, 0.1) is 0 Å². The van der Waals surface area contributed by atoms with Crippen LogP contribution in [0.1, 0.15) is 19.5 Å². The molecule has 1 N–H and O–H groups in total. The maximum Gasteiger partial charge on any atom is 0.101 e. The summed E-state index contributed by atoms with van der Waals surface area (Å²) in [7, 11) is 2.09. The van der Waals surface area contributed by atoms with Gasteiger partial charge in [-0.1, -0.05) is 60.7 Å². The van der Waals surface area contributed by atoms with Gasteiger partial charge in [0, 0.05) is 28.9 Å². The molecule has 0 radical (unpaired) electrons. The maximum atomic E-state index is 10.7. The first kappa shape index (κ1) is 17.0. The van der Waals surface area contributed by atoms with Crippen LogP contribution in [0.15, 0.2) is 72.8 Å². The lowest BCUT2D eigenvalue weighted by Crippen LogP contribution is -2.18. The molecular weight excluding hydrogens is 344 g/mol. The first-order valence-corrected chi connectivity index (χ1v) is 9.54. The predicted molar refractivity (Wildman–Crippen MR) is 116 cm³/mol. The van der Waals surface area contributed by atoms with Gasteiger partial charge >= 0.3 is 0 Å². The van der Waals surface area contributed by atoms with Crippen LogP contribution >= 0.6 is 0 Å². The van der Waals surface area contributed by atoms with Crippen molar-refractivity contribution < 1.29 is 5.11 Å². The SMILES string of the molecule is Cn1c2ccccc2c2cc(C(C)(C)O)nc(-c3cccc4ccccc34)c21. The Morgan fingerprint density at radius 1 is 0.821 bits per heavy atom. The standard InChI is InChI=1S/C25H22N2O/c1-25(2,28)22-15-20-18-12-6-7-14-21(18)27(3)24(20)23(26-22)19-13-8-10-16-9-4-5-11-17(16)19/h4-15,28H,1-3H3. The summed E-state index contributed by atoms with van der Waals surface area (Å²) >= 11 is 0. The summed E-state index contributed by atoms with van der Waals surface area (Å²) in [6, 6.07) is 25.1. The third-order valence-electron chi connectivity index (χ3n) is 5.56. The molecule has 5 rings (SSSR count). The van der Waals surface area contributed by atoms with Crippen LogP contribution in [0.25, 0.3) is 43.8 Å². The minimum absolute atomic E-state index is 0.680. The number of aliphatic hydroxyl groups is 1. The van der Waals surface area contributed by atoms with Crippen molar-refractivity contribution in [1.29, 1.82) is 0 Å². The monoisotopic (exact) mass is 366 g/mol. The van der Waals surface area contributed by atoms with Gasteiger partial charge in [0.15, 0.2) is 0 Å². The molecule has 3 aromatic carbocycles. The summed E-state index contributed by atoms with van der Waals surface area (Å²) < 4.78 is 2.21. The number of aryl methyl sites for hydroxylation is 1. The van der Waals surface area contributed by atoms with Crippen LogP contribution in [0.2, 0.25) is 0 Å². The first-order valence-electron chi connectivity index (χ1n) is 9.54. The Bertz CT molecular complexity index is 1350. The minimum atomic E-state index is -1.02. The van der Waals surface area contributed by atoms with Crippen molar-refractivity contribution in [2.75, 3.05) is 0 Å². The second kappa shape index (κ2) is 5.91. The van der Waals surface area contributed by atoms with Crippen LogP contribution in [0.3, 0.4) is 0 Å². The van der Waals surface area contributed by atoms with E-state index in [4.69, 9.17) is 4.98 Å². The number of pyridine rings is 1. The molecule has 0 aliphatic carbocycles. The van der Waals surface area contributed by atoms with Crippen molar-refractivity contribution in [2.45, 2.75) is 19.4 Å². The fourth-order valence-electron chi connectivity index (χ4n) is 4.13. The summed E-state index contributed by atoms with van der Waals surface area (Å²) in [5.74, 6) is 0. The van der Waals surface area contributed by atoms with Gasteiger partial charge in [-0.15, -0.1) is 0 Å². The predicted octanol–water partition coefficient (Wildman–Crippen LogP) is 5.77. The van der Waals surface area contributed by atoms with Crippen LogP contribution in [-0.4, -0.2) is 14.7 Å². The van der Waals surface area contributed by atoms with E-state index in [0.29, 0.717) is 5.69 Å². The Labute approximate surface area is 163 Å². The number of benzene rings is 3. The van der Waals surface area contributed by atoms with Crippen molar-refractivity contribution >= 4 is 32.6 Å². The van der Waals surface area contributed by atoms with Gasteiger partial charge in [0.1, 0.15) is 5.60 Å². The second-order valence-corrected chi connectivity index (χ2v) is 7.91. The molecule has 0 atom stereocenters. The second-order valence-electron chi connectivity index (χ2n) is 7.91. The summed E-state index contributed by atoms with van der Waals surface area (Å²) in [5.41, 5.74) is 3.90. The van der Waals surface area contributed by atoms with Gasteiger partial charge in [0.05, 0.1) is 16.9 Å². The Balaban J connectivity index is 2.00. The number of hydrogen-bond acceptors (Lipinski definition) is 2. The van der Waals surface area contributed by atoms with E-state index in [1.165, 1.54) is 10.8 Å². The largest absolute Gasteiger partial charge is 0.384 e. The number of para-hydroxylation sites is 1. The summed E-state index contributed by atoms with van der Waals surface area (Å²) in [6.07, 6.45) is 0. The zero-order valence-corrected chi connectivity index (χ0v) is 16.3. The lowest BCUT2D eigenvalue weighted by molar-refractivity contribution is 0.0741. The van der Waals surface area contributed by atoms with E-state index in [-0.39, 0.29) is 0 Å². The van der Waals surface area contributed by atoms with Crippen LogP contribution in [-0.2, 0) is 12.6 Å². The van der Waals surface area contributed by atoms with Gasteiger partial charge in [0.25, 0.3) is 0 Å². The molecule has 0 unspecified atom stereocenters. The molecule has 0 amide bonds. The lowest BCUT2D eigenvalue weighted by atomic mass is 9.97. The highest BCUT2D eigenvalue weighted by atomic mass is 16.3. The third kappa shape index (κ3) is 2.44. The number of nitrogens with zero attached hydrogens (tertiary/aromatic N) is 2. The molecule has 0 aliphatic heterocycles. The van der Waals surface area contributed by atoms with Gasteiger partial charge in [-0.05, 0) is 36.8 Å². The zero-order valence-electron chi connectivity index (χ0n) is 16.3. The molecule has 0 fully saturated rings. The van der Waals surface area contributed by atoms with Crippen LogP contribution in [0.4, 0.5) is 0 Å². The number of rotatable bonds is 2. The quantitative estimate of drug-likeness (QED) is 0.430. The Hall–Kier alpha value is -3.17. The Kier molecular flexibility index (Phi) is 3.58. The van der Waals surface area contributed by atoms with E-state index in [9.17, 15) is 5.11 Å². The molecule has 2 aromatic heterocycles. The smallest absolute Gasteiger partial charge is 0.101 e. The maximum absolute atomic E-state index is 10.7. The Morgan fingerprint density at radius 3 is 2.29 bits per heavy atom. The highest BCUT2D eigenvalue weighted by Crippen LogP contribution is 2.38. The van der Waals surface area contributed by atoms with Crippen LogP contribution in [0.5, 0.6) is 0 Å². The lowest BCUT2D eigenvalue weighted by Gasteiger charge is -2.19.